The Balaban J connectivity index is 4.25. The number of amides is 1. The van der Waals surface area contributed by atoms with Gasteiger partial charge in [0.1, 0.15) is 0 Å². The van der Waals surface area contributed by atoms with Crippen LogP contribution in [0.3, 0.4) is 0 Å². The highest BCUT2D eigenvalue weighted by Gasteiger charge is 2.17. The van der Waals surface area contributed by atoms with E-state index in [0.29, 0.717) is 5.57 Å². The zero-order valence-corrected chi connectivity index (χ0v) is 7.10. The van der Waals surface area contributed by atoms with Crippen molar-refractivity contribution in [1.29, 1.82) is 0 Å². The molecule has 0 radical (unpaired) electrons. The first-order valence-corrected chi connectivity index (χ1v) is 3.42. The van der Waals surface area contributed by atoms with Crippen molar-refractivity contribution in [3.05, 3.63) is 12.2 Å². The van der Waals surface area contributed by atoms with Gasteiger partial charge in [-0.3, -0.25) is 9.59 Å². The maximum Gasteiger partial charge on any atom is 0.227 e. The average Bonchev–Trinajstić information content (AvgIpc) is 2.00. The van der Waals surface area contributed by atoms with Crippen molar-refractivity contribution < 1.29 is 9.59 Å². The van der Waals surface area contributed by atoms with E-state index < -0.39 is 5.92 Å². The third-order valence-electron chi connectivity index (χ3n) is 1.61. The van der Waals surface area contributed by atoms with E-state index in [0.717, 1.165) is 0 Å². The summed E-state index contributed by atoms with van der Waals surface area (Å²) in [6.45, 7) is 6.57. The molecule has 0 aromatic carbocycles. The number of nitrogens with one attached hydrogen (secondary N) is 1. The minimum Gasteiger partial charge on any atom is -0.359 e. The van der Waals surface area contributed by atoms with Gasteiger partial charge in [-0.15, -0.1) is 0 Å². The van der Waals surface area contributed by atoms with Crippen LogP contribution < -0.4 is 5.32 Å². The molecule has 0 aliphatic carbocycles. The van der Waals surface area contributed by atoms with Crippen LogP contribution in [0, 0.1) is 5.92 Å². The molecule has 1 atom stereocenters. The number of rotatable bonds is 3. The summed E-state index contributed by atoms with van der Waals surface area (Å²) in [4.78, 5) is 21.7. The Labute approximate surface area is 66.5 Å². The second-order valence-electron chi connectivity index (χ2n) is 2.42. The summed E-state index contributed by atoms with van der Waals surface area (Å²) in [6.07, 6.45) is 0. The van der Waals surface area contributed by atoms with E-state index in [2.05, 4.69) is 11.9 Å². The van der Waals surface area contributed by atoms with Crippen molar-refractivity contribution in [2.45, 2.75) is 13.8 Å². The Morgan fingerprint density at radius 1 is 1.45 bits per heavy atom. The van der Waals surface area contributed by atoms with Crippen molar-refractivity contribution in [2.24, 2.45) is 5.92 Å². The molecule has 1 amide bonds. The fraction of sp³-hybridized carbons (Fsp3) is 0.500. The number of Topliss-reactive ketones (excluding diaryl/α,β-unsaturated/α-hetero) is 1. The molecule has 3 nitrogen and oxygen atoms in total. The summed E-state index contributed by atoms with van der Waals surface area (Å²) in [5.74, 6) is -0.733. The van der Waals surface area contributed by atoms with E-state index in [9.17, 15) is 9.59 Å². The Bertz CT molecular complexity index is 196. The van der Waals surface area contributed by atoms with Gasteiger partial charge in [-0.1, -0.05) is 6.58 Å². The number of hydrogen-bond donors (Lipinski definition) is 1. The van der Waals surface area contributed by atoms with Crippen LogP contribution in [0.25, 0.3) is 0 Å². The zero-order valence-electron chi connectivity index (χ0n) is 7.10. The maximum atomic E-state index is 10.9. The van der Waals surface area contributed by atoms with Crippen LogP contribution in [0.1, 0.15) is 13.8 Å². The third-order valence-corrected chi connectivity index (χ3v) is 1.61. The normalized spacial score (nSPS) is 11.9. The van der Waals surface area contributed by atoms with E-state index in [1.807, 2.05) is 0 Å². The van der Waals surface area contributed by atoms with Gasteiger partial charge in [-0.05, 0) is 19.4 Å². The van der Waals surface area contributed by atoms with Crippen LogP contribution in [0.4, 0.5) is 0 Å². The van der Waals surface area contributed by atoms with Gasteiger partial charge in [0.2, 0.25) is 5.91 Å². The molecule has 0 aromatic rings. The van der Waals surface area contributed by atoms with E-state index in [1.54, 1.807) is 6.92 Å². The summed E-state index contributed by atoms with van der Waals surface area (Å²) in [6, 6.07) is 0. The molecule has 1 N–H and O–H groups in total. The molecule has 0 rings (SSSR count). The zero-order chi connectivity index (χ0) is 9.02. The van der Waals surface area contributed by atoms with E-state index in [1.165, 1.54) is 14.0 Å². The quantitative estimate of drug-likeness (QED) is 0.604. The smallest absolute Gasteiger partial charge is 0.227 e. The summed E-state index contributed by atoms with van der Waals surface area (Å²) in [5, 5.41) is 2.45. The number of hydrogen-bond acceptors (Lipinski definition) is 2. The van der Waals surface area contributed by atoms with Crippen LogP contribution in [-0.2, 0) is 9.59 Å². The highest BCUT2D eigenvalue weighted by molar-refractivity contribution is 5.99. The second-order valence-corrected chi connectivity index (χ2v) is 2.42. The van der Waals surface area contributed by atoms with Crippen LogP contribution in [0.2, 0.25) is 0 Å². The fourth-order valence-electron chi connectivity index (χ4n) is 0.680. The molecule has 0 spiro atoms. The number of carbonyl (C=O) groups is 2. The van der Waals surface area contributed by atoms with Gasteiger partial charge in [0.25, 0.3) is 0 Å². The predicted octanol–water partition coefficient (Wildman–Crippen LogP) is 0.514. The number of carbonyl (C=O) groups excluding carboxylic acids is 2. The molecular weight excluding hydrogens is 142 g/mol. The second kappa shape index (κ2) is 3.91. The maximum absolute atomic E-state index is 10.9. The van der Waals surface area contributed by atoms with Crippen LogP contribution in [0.5, 0.6) is 0 Å². The molecule has 3 heteroatoms. The molecule has 0 bridgehead atoms. The predicted molar refractivity (Wildman–Crippen MR) is 43.1 cm³/mol. The molecule has 62 valence electrons. The van der Waals surface area contributed by atoms with E-state index in [4.69, 9.17) is 0 Å². The van der Waals surface area contributed by atoms with Gasteiger partial charge in [0.05, 0.1) is 5.92 Å². The first-order valence-electron chi connectivity index (χ1n) is 3.42. The lowest BCUT2D eigenvalue weighted by atomic mass is 9.99. The minimum absolute atomic E-state index is 0.138. The summed E-state index contributed by atoms with van der Waals surface area (Å²) < 4.78 is 0. The average molecular weight is 155 g/mol. The van der Waals surface area contributed by atoms with Crippen LogP contribution in [0.15, 0.2) is 12.2 Å². The molecule has 0 aromatic heterocycles. The van der Waals surface area contributed by atoms with Gasteiger partial charge < -0.3 is 5.32 Å². The largest absolute Gasteiger partial charge is 0.359 e. The fourth-order valence-corrected chi connectivity index (χ4v) is 0.680. The summed E-state index contributed by atoms with van der Waals surface area (Å²) >= 11 is 0. The first-order chi connectivity index (χ1) is 5.00. The Hall–Kier alpha value is -1.12. The molecule has 0 aliphatic rings. The van der Waals surface area contributed by atoms with E-state index in [-0.39, 0.29) is 11.7 Å². The van der Waals surface area contributed by atoms with Crippen LogP contribution in [-0.4, -0.2) is 18.7 Å². The molecule has 0 saturated heterocycles. The Morgan fingerprint density at radius 2 is 1.91 bits per heavy atom. The van der Waals surface area contributed by atoms with Gasteiger partial charge in [-0.25, -0.2) is 0 Å². The van der Waals surface area contributed by atoms with Gasteiger partial charge in [-0.2, -0.15) is 0 Å². The monoisotopic (exact) mass is 155 g/mol. The molecule has 1 unspecified atom stereocenters. The first kappa shape index (κ1) is 9.88. The molecule has 0 aliphatic heterocycles. The summed E-state index contributed by atoms with van der Waals surface area (Å²) in [7, 11) is 1.53. The standard InChI is InChI=1S/C8H13NO2/c1-5(7(3)10)6(2)8(11)9-4/h6H,1H2,2-4H3,(H,9,11). The molecule has 0 heterocycles. The molecule has 0 fully saturated rings. The van der Waals surface area contributed by atoms with Gasteiger partial charge in [0.15, 0.2) is 5.78 Å². The SMILES string of the molecule is C=C(C(C)=O)C(C)C(=O)NC. The minimum atomic E-state index is -0.419. The lowest BCUT2D eigenvalue weighted by molar-refractivity contribution is -0.124. The van der Waals surface area contributed by atoms with Crippen molar-refractivity contribution >= 4 is 11.7 Å². The van der Waals surface area contributed by atoms with Gasteiger partial charge in [0, 0.05) is 7.05 Å². The number of ketones is 1. The van der Waals surface area contributed by atoms with Crippen LogP contribution >= 0.6 is 0 Å². The highest BCUT2D eigenvalue weighted by Crippen LogP contribution is 2.08. The Kier molecular flexibility index (Phi) is 3.51. The highest BCUT2D eigenvalue weighted by atomic mass is 16.2. The van der Waals surface area contributed by atoms with Crippen molar-refractivity contribution in [3.63, 3.8) is 0 Å². The topological polar surface area (TPSA) is 46.2 Å². The van der Waals surface area contributed by atoms with Crippen molar-refractivity contribution in [1.82, 2.24) is 5.32 Å². The van der Waals surface area contributed by atoms with Gasteiger partial charge >= 0.3 is 0 Å². The van der Waals surface area contributed by atoms with E-state index >= 15 is 0 Å². The van der Waals surface area contributed by atoms with Crippen molar-refractivity contribution in [3.8, 4) is 0 Å². The lowest BCUT2D eigenvalue weighted by Crippen LogP contribution is -2.28. The molecule has 0 saturated carbocycles. The van der Waals surface area contributed by atoms with Crippen molar-refractivity contribution in [2.75, 3.05) is 7.05 Å². The molecule has 11 heavy (non-hydrogen) atoms. The lowest BCUT2D eigenvalue weighted by Gasteiger charge is -2.09. The third kappa shape index (κ3) is 2.53. The Morgan fingerprint density at radius 3 is 2.18 bits per heavy atom. The molecular formula is C8H13NO2. The summed E-state index contributed by atoms with van der Waals surface area (Å²) in [5.41, 5.74) is 0.351.